The Labute approximate surface area is 115 Å². The molecule has 1 aromatic rings. The summed E-state index contributed by atoms with van der Waals surface area (Å²) in [6.45, 7) is 3.92. The van der Waals surface area contributed by atoms with Crippen LogP contribution in [0.1, 0.15) is 24.2 Å². The number of carbonyl (C=O) groups is 1. The molecular weight excluding hydrogens is 275 g/mol. The van der Waals surface area contributed by atoms with E-state index in [9.17, 15) is 9.18 Å². The molecular formula is C12H14ClFN2OS. The number of benzene rings is 1. The van der Waals surface area contributed by atoms with Crippen molar-refractivity contribution in [1.29, 1.82) is 0 Å². The maximum atomic E-state index is 13.2. The smallest absolute Gasteiger partial charge is 0.251 e. The number of thiocarbonyl (C=S) groups is 1. The SMILES string of the molecule is CC(C)(CNC(=O)c1ccc(Cl)c(F)c1)C(N)=S. The van der Waals surface area contributed by atoms with Gasteiger partial charge in [-0.15, -0.1) is 0 Å². The van der Waals surface area contributed by atoms with Gasteiger partial charge in [0.1, 0.15) is 5.82 Å². The van der Waals surface area contributed by atoms with E-state index in [1.807, 2.05) is 13.8 Å². The zero-order chi connectivity index (χ0) is 13.9. The van der Waals surface area contributed by atoms with E-state index in [1.165, 1.54) is 12.1 Å². The van der Waals surface area contributed by atoms with Crippen molar-refractivity contribution in [1.82, 2.24) is 5.32 Å². The van der Waals surface area contributed by atoms with Crippen molar-refractivity contribution in [2.24, 2.45) is 11.1 Å². The van der Waals surface area contributed by atoms with Gasteiger partial charge in [-0.25, -0.2) is 4.39 Å². The van der Waals surface area contributed by atoms with E-state index >= 15 is 0 Å². The van der Waals surface area contributed by atoms with Gasteiger partial charge in [-0.05, 0) is 18.2 Å². The maximum absolute atomic E-state index is 13.2. The van der Waals surface area contributed by atoms with Crippen LogP contribution in [-0.4, -0.2) is 17.4 Å². The lowest BCUT2D eigenvalue weighted by molar-refractivity contribution is 0.0944. The quantitative estimate of drug-likeness (QED) is 0.837. The third-order valence-corrected chi connectivity index (χ3v) is 3.40. The van der Waals surface area contributed by atoms with Crippen molar-refractivity contribution >= 4 is 34.7 Å². The molecule has 0 unspecified atom stereocenters. The van der Waals surface area contributed by atoms with Crippen molar-refractivity contribution in [2.45, 2.75) is 13.8 Å². The van der Waals surface area contributed by atoms with Gasteiger partial charge in [0.15, 0.2) is 0 Å². The van der Waals surface area contributed by atoms with Gasteiger partial charge in [-0.2, -0.15) is 0 Å². The highest BCUT2D eigenvalue weighted by atomic mass is 35.5. The molecule has 1 amide bonds. The second-order valence-electron chi connectivity index (χ2n) is 4.56. The number of nitrogens with one attached hydrogen (secondary N) is 1. The van der Waals surface area contributed by atoms with Crippen molar-refractivity contribution < 1.29 is 9.18 Å². The molecule has 6 heteroatoms. The van der Waals surface area contributed by atoms with E-state index in [2.05, 4.69) is 5.32 Å². The number of nitrogens with two attached hydrogens (primary N) is 1. The molecule has 98 valence electrons. The van der Waals surface area contributed by atoms with Gasteiger partial charge in [0.2, 0.25) is 0 Å². The Kier molecular flexibility index (Phi) is 4.65. The minimum atomic E-state index is -0.627. The van der Waals surface area contributed by atoms with Crippen LogP contribution in [0.5, 0.6) is 0 Å². The van der Waals surface area contributed by atoms with Crippen molar-refractivity contribution in [3.8, 4) is 0 Å². The summed E-state index contributed by atoms with van der Waals surface area (Å²) in [5, 5.41) is 2.63. The van der Waals surface area contributed by atoms with E-state index in [1.54, 1.807) is 0 Å². The number of halogens is 2. The predicted molar refractivity (Wildman–Crippen MR) is 74.3 cm³/mol. The van der Waals surface area contributed by atoms with Crippen LogP contribution in [0.15, 0.2) is 18.2 Å². The number of amides is 1. The fraction of sp³-hybridized carbons (Fsp3) is 0.333. The van der Waals surface area contributed by atoms with Crippen LogP contribution < -0.4 is 11.1 Å². The second-order valence-corrected chi connectivity index (χ2v) is 5.41. The first kappa shape index (κ1) is 14.9. The molecule has 0 radical (unpaired) electrons. The zero-order valence-corrected chi connectivity index (χ0v) is 11.7. The number of carbonyl (C=O) groups excluding carboxylic acids is 1. The van der Waals surface area contributed by atoms with E-state index in [0.717, 1.165) is 6.07 Å². The Hall–Kier alpha value is -1.20. The molecule has 0 saturated heterocycles. The van der Waals surface area contributed by atoms with Gasteiger partial charge in [0, 0.05) is 17.5 Å². The molecule has 0 atom stereocenters. The van der Waals surface area contributed by atoms with Crippen molar-refractivity contribution in [3.63, 3.8) is 0 Å². The first-order valence-electron chi connectivity index (χ1n) is 5.27. The number of hydrogen-bond acceptors (Lipinski definition) is 2. The number of rotatable bonds is 4. The lowest BCUT2D eigenvalue weighted by Crippen LogP contribution is -2.41. The Balaban J connectivity index is 2.72. The average molecular weight is 289 g/mol. The van der Waals surface area contributed by atoms with Gasteiger partial charge in [0.05, 0.1) is 10.0 Å². The minimum absolute atomic E-state index is 0.0185. The monoisotopic (exact) mass is 288 g/mol. The molecule has 0 aliphatic heterocycles. The molecule has 0 bridgehead atoms. The zero-order valence-electron chi connectivity index (χ0n) is 10.1. The molecule has 0 saturated carbocycles. The van der Waals surface area contributed by atoms with Gasteiger partial charge in [-0.1, -0.05) is 37.7 Å². The molecule has 0 aliphatic carbocycles. The van der Waals surface area contributed by atoms with E-state index in [4.69, 9.17) is 29.6 Å². The summed E-state index contributed by atoms with van der Waals surface area (Å²) < 4.78 is 13.2. The standard InChI is InChI=1S/C12H14ClFN2OS/c1-12(2,11(15)18)6-16-10(17)7-3-4-8(13)9(14)5-7/h3-5H,6H2,1-2H3,(H2,15,18)(H,16,17). The summed E-state index contributed by atoms with van der Waals surface area (Å²) in [5.74, 6) is -1.02. The Bertz CT molecular complexity index is 491. The lowest BCUT2D eigenvalue weighted by Gasteiger charge is -2.23. The minimum Gasteiger partial charge on any atom is -0.393 e. The third kappa shape index (κ3) is 3.65. The Morgan fingerprint density at radius 1 is 1.56 bits per heavy atom. The van der Waals surface area contributed by atoms with Crippen LogP contribution in [0.4, 0.5) is 4.39 Å². The fourth-order valence-electron chi connectivity index (χ4n) is 1.13. The first-order chi connectivity index (χ1) is 8.24. The highest BCUT2D eigenvalue weighted by molar-refractivity contribution is 7.80. The summed E-state index contributed by atoms with van der Waals surface area (Å²) in [6.07, 6.45) is 0. The van der Waals surface area contributed by atoms with Gasteiger partial charge in [-0.3, -0.25) is 4.79 Å². The molecule has 0 heterocycles. The summed E-state index contributed by atoms with van der Waals surface area (Å²) >= 11 is 10.4. The molecule has 1 aromatic carbocycles. The Morgan fingerprint density at radius 3 is 2.67 bits per heavy atom. The summed E-state index contributed by atoms with van der Waals surface area (Å²) in [5.41, 5.74) is 5.26. The van der Waals surface area contributed by atoms with Crippen LogP contribution in [-0.2, 0) is 0 Å². The van der Waals surface area contributed by atoms with E-state index in [0.29, 0.717) is 4.99 Å². The molecule has 1 rings (SSSR count). The van der Waals surface area contributed by atoms with Crippen molar-refractivity contribution in [2.75, 3.05) is 6.54 Å². The molecule has 0 fully saturated rings. The van der Waals surface area contributed by atoms with Crippen LogP contribution in [0.25, 0.3) is 0 Å². The lowest BCUT2D eigenvalue weighted by atomic mass is 9.93. The van der Waals surface area contributed by atoms with Crippen LogP contribution in [0.3, 0.4) is 0 Å². The highest BCUT2D eigenvalue weighted by Crippen LogP contribution is 2.17. The predicted octanol–water partition coefficient (Wildman–Crippen LogP) is 2.52. The normalized spacial score (nSPS) is 11.1. The summed E-state index contributed by atoms with van der Waals surface area (Å²) in [6, 6.07) is 3.88. The number of hydrogen-bond donors (Lipinski definition) is 2. The third-order valence-electron chi connectivity index (χ3n) is 2.54. The van der Waals surface area contributed by atoms with Gasteiger partial charge in [0.25, 0.3) is 5.91 Å². The maximum Gasteiger partial charge on any atom is 0.251 e. The van der Waals surface area contributed by atoms with Gasteiger partial charge >= 0.3 is 0 Å². The fourth-order valence-corrected chi connectivity index (χ4v) is 1.32. The molecule has 0 spiro atoms. The van der Waals surface area contributed by atoms with Gasteiger partial charge < -0.3 is 11.1 Å². The molecule has 0 aromatic heterocycles. The summed E-state index contributed by atoms with van der Waals surface area (Å²) in [7, 11) is 0. The van der Waals surface area contributed by atoms with Crippen molar-refractivity contribution in [3.05, 3.63) is 34.6 Å². The Morgan fingerprint density at radius 2 is 2.17 bits per heavy atom. The molecule has 3 nitrogen and oxygen atoms in total. The summed E-state index contributed by atoms with van der Waals surface area (Å²) in [4.78, 5) is 12.1. The van der Waals surface area contributed by atoms with Crippen LogP contribution in [0.2, 0.25) is 5.02 Å². The molecule has 0 aliphatic rings. The molecule has 3 N–H and O–H groups in total. The average Bonchev–Trinajstić information content (AvgIpc) is 2.29. The van der Waals surface area contributed by atoms with Crippen LogP contribution >= 0.6 is 23.8 Å². The first-order valence-corrected chi connectivity index (χ1v) is 6.06. The largest absolute Gasteiger partial charge is 0.393 e. The van der Waals surface area contributed by atoms with E-state index in [-0.39, 0.29) is 17.1 Å². The topological polar surface area (TPSA) is 55.1 Å². The second kappa shape index (κ2) is 5.63. The highest BCUT2D eigenvalue weighted by Gasteiger charge is 2.22. The van der Waals surface area contributed by atoms with Crippen LogP contribution in [0, 0.1) is 11.2 Å². The van der Waals surface area contributed by atoms with E-state index < -0.39 is 17.1 Å². The molecule has 18 heavy (non-hydrogen) atoms.